The van der Waals surface area contributed by atoms with Gasteiger partial charge in [0, 0.05) is 18.8 Å². The van der Waals surface area contributed by atoms with Crippen LogP contribution in [0.2, 0.25) is 5.02 Å². The van der Waals surface area contributed by atoms with Crippen molar-refractivity contribution in [2.75, 3.05) is 5.73 Å². The highest BCUT2D eigenvalue weighted by Gasteiger charge is 2.14. The number of aryl methyl sites for hydroxylation is 1. The normalized spacial score (nSPS) is 10.6. The van der Waals surface area contributed by atoms with Gasteiger partial charge in [-0.25, -0.2) is 9.67 Å². The predicted molar refractivity (Wildman–Crippen MR) is 61.4 cm³/mol. The van der Waals surface area contributed by atoms with Crippen LogP contribution in [0, 0.1) is 0 Å². The van der Waals surface area contributed by atoms with Crippen molar-refractivity contribution in [3.05, 3.63) is 21.9 Å². The molecular formula is C8H7BrClN5. The standard InChI is InChI=1S/C8H7BrClN5/c1-15-6(7(9)13-14-15)5-2-4(10)3-12-8(5)11/h2-3H,1H3,(H2,11,12). The van der Waals surface area contributed by atoms with Crippen LogP contribution in [0.25, 0.3) is 11.3 Å². The third-order valence-electron chi connectivity index (χ3n) is 1.93. The zero-order chi connectivity index (χ0) is 11.0. The minimum Gasteiger partial charge on any atom is -0.383 e. The number of nitrogens with two attached hydrogens (primary N) is 1. The van der Waals surface area contributed by atoms with Crippen molar-refractivity contribution in [2.45, 2.75) is 0 Å². The van der Waals surface area contributed by atoms with E-state index in [2.05, 4.69) is 31.2 Å². The van der Waals surface area contributed by atoms with E-state index in [0.29, 0.717) is 21.0 Å². The Morgan fingerprint density at radius 1 is 1.53 bits per heavy atom. The minimum absolute atomic E-state index is 0.394. The van der Waals surface area contributed by atoms with Gasteiger partial charge in [0.15, 0.2) is 4.60 Å². The second-order valence-corrected chi connectivity index (χ2v) is 4.13. The average molecular weight is 289 g/mol. The maximum Gasteiger partial charge on any atom is 0.156 e. The molecule has 0 radical (unpaired) electrons. The maximum atomic E-state index is 5.85. The summed E-state index contributed by atoms with van der Waals surface area (Å²) in [6.45, 7) is 0. The predicted octanol–water partition coefficient (Wildman–Crippen LogP) is 1.88. The molecule has 2 aromatic rings. The molecule has 0 saturated heterocycles. The molecule has 0 spiro atoms. The van der Waals surface area contributed by atoms with Gasteiger partial charge in [-0.05, 0) is 22.0 Å². The summed E-state index contributed by atoms with van der Waals surface area (Å²) < 4.78 is 2.22. The van der Waals surface area contributed by atoms with Gasteiger partial charge in [-0.1, -0.05) is 16.8 Å². The monoisotopic (exact) mass is 287 g/mol. The Bertz CT molecular complexity index is 490. The van der Waals surface area contributed by atoms with E-state index in [-0.39, 0.29) is 0 Å². The maximum absolute atomic E-state index is 5.85. The van der Waals surface area contributed by atoms with Crippen LogP contribution in [-0.4, -0.2) is 20.0 Å². The molecule has 7 heteroatoms. The first-order valence-electron chi connectivity index (χ1n) is 4.06. The van der Waals surface area contributed by atoms with E-state index in [1.54, 1.807) is 17.8 Å². The molecule has 0 aliphatic carbocycles. The number of pyridine rings is 1. The van der Waals surface area contributed by atoms with Gasteiger partial charge in [0.25, 0.3) is 0 Å². The lowest BCUT2D eigenvalue weighted by Crippen LogP contribution is -1.99. The van der Waals surface area contributed by atoms with Crippen molar-refractivity contribution >= 4 is 33.3 Å². The Morgan fingerprint density at radius 2 is 2.27 bits per heavy atom. The van der Waals surface area contributed by atoms with Gasteiger partial charge in [0.1, 0.15) is 11.5 Å². The van der Waals surface area contributed by atoms with Crippen LogP contribution >= 0.6 is 27.5 Å². The number of hydrogen-bond acceptors (Lipinski definition) is 4. The summed E-state index contributed by atoms with van der Waals surface area (Å²) in [7, 11) is 1.77. The number of nitrogens with zero attached hydrogens (tertiary/aromatic N) is 4. The van der Waals surface area contributed by atoms with Crippen LogP contribution in [0.3, 0.4) is 0 Å². The Morgan fingerprint density at radius 3 is 2.87 bits per heavy atom. The number of halogens is 2. The minimum atomic E-state index is 0.394. The van der Waals surface area contributed by atoms with Crippen molar-refractivity contribution < 1.29 is 0 Å². The van der Waals surface area contributed by atoms with Crippen LogP contribution in [-0.2, 0) is 7.05 Å². The molecule has 0 bridgehead atoms. The van der Waals surface area contributed by atoms with Crippen LogP contribution < -0.4 is 5.73 Å². The topological polar surface area (TPSA) is 69.6 Å². The first-order chi connectivity index (χ1) is 7.09. The van der Waals surface area contributed by atoms with Gasteiger partial charge in [0.05, 0.1) is 5.02 Å². The van der Waals surface area contributed by atoms with E-state index in [9.17, 15) is 0 Å². The molecule has 5 nitrogen and oxygen atoms in total. The van der Waals surface area contributed by atoms with Gasteiger partial charge in [-0.2, -0.15) is 0 Å². The summed E-state index contributed by atoms with van der Waals surface area (Å²) in [5.41, 5.74) is 7.22. The largest absolute Gasteiger partial charge is 0.383 e. The highest BCUT2D eigenvalue weighted by molar-refractivity contribution is 9.10. The van der Waals surface area contributed by atoms with E-state index in [0.717, 1.165) is 5.69 Å². The zero-order valence-corrected chi connectivity index (χ0v) is 10.1. The number of nitrogen functional groups attached to an aromatic ring is 1. The van der Waals surface area contributed by atoms with E-state index in [4.69, 9.17) is 17.3 Å². The molecule has 15 heavy (non-hydrogen) atoms. The van der Waals surface area contributed by atoms with Crippen LogP contribution in [0.5, 0.6) is 0 Å². The molecule has 0 aliphatic heterocycles. The number of hydrogen-bond donors (Lipinski definition) is 1. The molecule has 78 valence electrons. The molecule has 2 heterocycles. The molecule has 0 amide bonds. The van der Waals surface area contributed by atoms with Gasteiger partial charge >= 0.3 is 0 Å². The van der Waals surface area contributed by atoms with E-state index in [1.165, 1.54) is 6.20 Å². The Hall–Kier alpha value is -1.14. The van der Waals surface area contributed by atoms with Gasteiger partial charge in [0.2, 0.25) is 0 Å². The average Bonchev–Trinajstić information content (AvgIpc) is 2.51. The molecule has 2 rings (SSSR count). The molecular weight excluding hydrogens is 281 g/mol. The van der Waals surface area contributed by atoms with Crippen LogP contribution in [0.15, 0.2) is 16.9 Å². The molecule has 0 atom stereocenters. The molecule has 2 aromatic heterocycles. The fourth-order valence-corrected chi connectivity index (χ4v) is 1.96. The summed E-state index contributed by atoms with van der Waals surface area (Å²) in [6.07, 6.45) is 1.50. The number of rotatable bonds is 1. The molecule has 0 unspecified atom stereocenters. The summed E-state index contributed by atoms with van der Waals surface area (Å²) >= 11 is 9.15. The highest BCUT2D eigenvalue weighted by atomic mass is 79.9. The molecule has 0 fully saturated rings. The fraction of sp³-hybridized carbons (Fsp3) is 0.125. The Labute approximate surface area is 99.4 Å². The molecule has 2 N–H and O–H groups in total. The number of aromatic nitrogens is 4. The summed E-state index contributed by atoms with van der Waals surface area (Å²) in [5.74, 6) is 0.394. The summed E-state index contributed by atoms with van der Waals surface area (Å²) in [5, 5.41) is 8.24. The van der Waals surface area contributed by atoms with Crippen molar-refractivity contribution in [3.8, 4) is 11.3 Å². The van der Waals surface area contributed by atoms with Crippen molar-refractivity contribution in [1.82, 2.24) is 20.0 Å². The van der Waals surface area contributed by atoms with Crippen molar-refractivity contribution in [2.24, 2.45) is 7.05 Å². The quantitative estimate of drug-likeness (QED) is 0.870. The lowest BCUT2D eigenvalue weighted by molar-refractivity contribution is 0.720. The van der Waals surface area contributed by atoms with Crippen LogP contribution in [0.1, 0.15) is 0 Å². The molecule has 0 saturated carbocycles. The lowest BCUT2D eigenvalue weighted by Gasteiger charge is -2.05. The third kappa shape index (κ3) is 1.82. The zero-order valence-electron chi connectivity index (χ0n) is 7.78. The fourth-order valence-electron chi connectivity index (χ4n) is 1.26. The van der Waals surface area contributed by atoms with Gasteiger partial charge < -0.3 is 5.73 Å². The van der Waals surface area contributed by atoms with Crippen molar-refractivity contribution in [1.29, 1.82) is 0 Å². The van der Waals surface area contributed by atoms with E-state index >= 15 is 0 Å². The second kappa shape index (κ2) is 3.79. The second-order valence-electron chi connectivity index (χ2n) is 2.94. The lowest BCUT2D eigenvalue weighted by atomic mass is 10.2. The van der Waals surface area contributed by atoms with Crippen molar-refractivity contribution in [3.63, 3.8) is 0 Å². The Balaban J connectivity index is 2.68. The smallest absolute Gasteiger partial charge is 0.156 e. The summed E-state index contributed by atoms with van der Waals surface area (Å²) in [4.78, 5) is 3.97. The van der Waals surface area contributed by atoms with E-state index < -0.39 is 0 Å². The molecule has 0 aromatic carbocycles. The first kappa shape index (κ1) is 10.4. The third-order valence-corrected chi connectivity index (χ3v) is 2.67. The van der Waals surface area contributed by atoms with Crippen LogP contribution in [0.4, 0.5) is 5.82 Å². The highest BCUT2D eigenvalue weighted by Crippen LogP contribution is 2.30. The summed E-state index contributed by atoms with van der Waals surface area (Å²) in [6, 6.07) is 1.73. The van der Waals surface area contributed by atoms with Gasteiger partial charge in [-0.15, -0.1) is 5.10 Å². The number of anilines is 1. The van der Waals surface area contributed by atoms with Gasteiger partial charge in [-0.3, -0.25) is 0 Å². The first-order valence-corrected chi connectivity index (χ1v) is 5.23. The SMILES string of the molecule is Cn1nnc(Br)c1-c1cc(Cl)cnc1N. The van der Waals surface area contributed by atoms with E-state index in [1.807, 2.05) is 0 Å². The molecule has 0 aliphatic rings. The Kier molecular flexibility index (Phi) is 2.62.